The molecule has 1 heterocycles. The molecule has 0 saturated carbocycles. The summed E-state index contributed by atoms with van der Waals surface area (Å²) in [4.78, 5) is 9.40. The fraction of sp³-hybridized carbons (Fsp3) is 0.0400. The average molecular weight is 441 g/mol. The quantitative estimate of drug-likeness (QED) is 0.388. The van der Waals surface area contributed by atoms with Crippen molar-refractivity contribution in [3.8, 4) is 0 Å². The summed E-state index contributed by atoms with van der Waals surface area (Å²) in [5, 5.41) is 5.71. The summed E-state index contributed by atoms with van der Waals surface area (Å²) >= 11 is 0. The highest BCUT2D eigenvalue weighted by Gasteiger charge is 2.18. The zero-order chi connectivity index (χ0) is 22.0. The predicted molar refractivity (Wildman–Crippen MR) is 127 cm³/mol. The Balaban J connectivity index is 1.47. The summed E-state index contributed by atoms with van der Waals surface area (Å²) in [6.45, 7) is -0.0279. The van der Waals surface area contributed by atoms with Gasteiger partial charge in [0.2, 0.25) is 10.0 Å². The van der Waals surface area contributed by atoms with Gasteiger partial charge in [-0.15, -0.1) is 0 Å². The van der Waals surface area contributed by atoms with Crippen molar-refractivity contribution in [2.24, 2.45) is 0 Å². The second kappa shape index (κ2) is 8.37. The number of hydrogen-bond donors (Lipinski definition) is 2. The molecule has 0 fully saturated rings. The number of fused-ring (bicyclic) bond motifs is 2. The smallest absolute Gasteiger partial charge is 0.241 e. The zero-order valence-corrected chi connectivity index (χ0v) is 17.9. The maximum absolute atomic E-state index is 13.1. The molecule has 2 N–H and O–H groups in total. The van der Waals surface area contributed by atoms with Crippen molar-refractivity contribution in [1.82, 2.24) is 14.7 Å². The molecule has 32 heavy (non-hydrogen) atoms. The van der Waals surface area contributed by atoms with Crippen LogP contribution in [0.15, 0.2) is 102 Å². The van der Waals surface area contributed by atoms with Crippen LogP contribution in [0.25, 0.3) is 21.7 Å². The van der Waals surface area contributed by atoms with E-state index in [1.807, 2.05) is 78.9 Å². The van der Waals surface area contributed by atoms with Crippen LogP contribution in [0.1, 0.15) is 5.82 Å². The van der Waals surface area contributed by atoms with Crippen LogP contribution in [0, 0.1) is 0 Å². The molecule has 0 aliphatic carbocycles. The lowest BCUT2D eigenvalue weighted by molar-refractivity contribution is 0.580. The largest absolute Gasteiger partial charge is 0.340 e. The molecule has 0 atom stereocenters. The maximum atomic E-state index is 13.1. The second-order valence-corrected chi connectivity index (χ2v) is 9.03. The zero-order valence-electron chi connectivity index (χ0n) is 17.1. The van der Waals surface area contributed by atoms with Gasteiger partial charge >= 0.3 is 0 Å². The molecule has 0 saturated heterocycles. The number of anilines is 2. The van der Waals surface area contributed by atoms with Crippen LogP contribution >= 0.6 is 0 Å². The molecule has 4 aromatic carbocycles. The molecule has 0 bridgehead atoms. The van der Waals surface area contributed by atoms with Gasteiger partial charge in [0, 0.05) is 16.5 Å². The Kier molecular flexibility index (Phi) is 5.26. The molecule has 0 spiro atoms. The lowest BCUT2D eigenvalue weighted by atomic mass is 10.1. The van der Waals surface area contributed by atoms with E-state index in [0.29, 0.717) is 17.0 Å². The third-order valence-corrected chi connectivity index (χ3v) is 6.60. The van der Waals surface area contributed by atoms with Crippen LogP contribution < -0.4 is 10.0 Å². The predicted octanol–water partition coefficient (Wildman–Crippen LogP) is 5.01. The number of benzene rings is 4. The molecule has 6 nitrogen and oxygen atoms in total. The Morgan fingerprint density at radius 3 is 2.22 bits per heavy atom. The molecule has 0 unspecified atom stereocenters. The first kappa shape index (κ1) is 20.1. The first-order valence-electron chi connectivity index (χ1n) is 10.2. The summed E-state index contributed by atoms with van der Waals surface area (Å²) in [5.41, 5.74) is 1.62. The van der Waals surface area contributed by atoms with Crippen molar-refractivity contribution in [2.75, 3.05) is 5.32 Å². The number of aromatic nitrogens is 2. The Bertz CT molecular complexity index is 1510. The summed E-state index contributed by atoms with van der Waals surface area (Å²) < 4.78 is 28.8. The minimum absolute atomic E-state index is 0.0279. The normalized spacial score (nSPS) is 11.6. The number of sulfonamides is 1. The minimum atomic E-state index is -3.76. The van der Waals surface area contributed by atoms with Crippen LogP contribution in [0.5, 0.6) is 0 Å². The number of para-hydroxylation sites is 2. The Labute approximate surface area is 186 Å². The van der Waals surface area contributed by atoms with E-state index in [-0.39, 0.29) is 11.4 Å². The van der Waals surface area contributed by atoms with Crippen LogP contribution in [0.3, 0.4) is 0 Å². The Morgan fingerprint density at radius 1 is 0.688 bits per heavy atom. The van der Waals surface area contributed by atoms with Crippen LogP contribution in [-0.2, 0) is 16.6 Å². The van der Waals surface area contributed by atoms with Crippen LogP contribution in [-0.4, -0.2) is 18.4 Å². The molecule has 0 radical (unpaired) electrons. The fourth-order valence-electron chi connectivity index (χ4n) is 3.62. The molecule has 0 aliphatic heterocycles. The average Bonchev–Trinajstić information content (AvgIpc) is 2.83. The Hall–Kier alpha value is -3.81. The van der Waals surface area contributed by atoms with Crippen molar-refractivity contribution in [3.63, 3.8) is 0 Å². The van der Waals surface area contributed by atoms with E-state index in [9.17, 15) is 8.42 Å². The van der Waals surface area contributed by atoms with Gasteiger partial charge in [-0.2, -0.15) is 0 Å². The molecule has 0 amide bonds. The van der Waals surface area contributed by atoms with Gasteiger partial charge in [0.1, 0.15) is 11.6 Å². The van der Waals surface area contributed by atoms with Crippen molar-refractivity contribution >= 4 is 43.2 Å². The first-order chi connectivity index (χ1) is 15.6. The Morgan fingerprint density at radius 2 is 1.38 bits per heavy atom. The molecule has 7 heteroatoms. The lowest BCUT2D eigenvalue weighted by Crippen LogP contribution is -2.24. The summed E-state index contributed by atoms with van der Waals surface area (Å²) in [6, 6.07) is 30.0. The summed E-state index contributed by atoms with van der Waals surface area (Å²) in [5.74, 6) is 1.01. The van der Waals surface area contributed by atoms with Crippen LogP contribution in [0.2, 0.25) is 0 Å². The SMILES string of the molecule is O=S(=O)(NCc1nc(Nc2ccccc2)c2ccccc2n1)c1cccc2ccccc12. The topological polar surface area (TPSA) is 84.0 Å². The van der Waals surface area contributed by atoms with E-state index in [1.54, 1.807) is 18.2 Å². The van der Waals surface area contributed by atoms with Crippen molar-refractivity contribution in [2.45, 2.75) is 11.4 Å². The van der Waals surface area contributed by atoms with E-state index < -0.39 is 10.0 Å². The number of hydrogen-bond acceptors (Lipinski definition) is 5. The van der Waals surface area contributed by atoms with E-state index in [2.05, 4.69) is 20.0 Å². The highest BCUT2D eigenvalue weighted by Crippen LogP contribution is 2.25. The minimum Gasteiger partial charge on any atom is -0.340 e. The van der Waals surface area contributed by atoms with Crippen molar-refractivity contribution in [3.05, 3.63) is 103 Å². The van der Waals surface area contributed by atoms with E-state index in [4.69, 9.17) is 0 Å². The number of rotatable bonds is 6. The summed E-state index contributed by atoms with van der Waals surface area (Å²) in [7, 11) is -3.76. The molecule has 5 aromatic rings. The molecule has 0 aliphatic rings. The summed E-state index contributed by atoms with van der Waals surface area (Å²) in [6.07, 6.45) is 0. The van der Waals surface area contributed by atoms with E-state index in [1.165, 1.54) is 0 Å². The highest BCUT2D eigenvalue weighted by atomic mass is 32.2. The third-order valence-electron chi connectivity index (χ3n) is 5.15. The van der Waals surface area contributed by atoms with Crippen molar-refractivity contribution in [1.29, 1.82) is 0 Å². The molecule has 158 valence electrons. The second-order valence-electron chi connectivity index (χ2n) is 7.30. The highest BCUT2D eigenvalue weighted by molar-refractivity contribution is 7.89. The van der Waals surface area contributed by atoms with Gasteiger partial charge < -0.3 is 5.32 Å². The van der Waals surface area contributed by atoms with Crippen LogP contribution in [0.4, 0.5) is 11.5 Å². The molecular weight excluding hydrogens is 420 g/mol. The fourth-order valence-corrected chi connectivity index (χ4v) is 4.83. The van der Waals surface area contributed by atoms with Gasteiger partial charge in [-0.3, -0.25) is 0 Å². The van der Waals surface area contributed by atoms with Gasteiger partial charge in [-0.25, -0.2) is 23.1 Å². The molecule has 1 aromatic heterocycles. The molecular formula is C25H20N4O2S. The van der Waals surface area contributed by atoms with Gasteiger partial charge in [0.25, 0.3) is 0 Å². The third kappa shape index (κ3) is 4.03. The van der Waals surface area contributed by atoms with Gasteiger partial charge in [0.15, 0.2) is 0 Å². The van der Waals surface area contributed by atoms with E-state index in [0.717, 1.165) is 22.0 Å². The number of nitrogens with zero attached hydrogens (tertiary/aromatic N) is 2. The lowest BCUT2D eigenvalue weighted by Gasteiger charge is -2.12. The van der Waals surface area contributed by atoms with E-state index >= 15 is 0 Å². The maximum Gasteiger partial charge on any atom is 0.241 e. The molecule has 5 rings (SSSR count). The van der Waals surface area contributed by atoms with Crippen molar-refractivity contribution < 1.29 is 8.42 Å². The standard InChI is InChI=1S/C25H20N4O2S/c30-32(31,23-16-8-10-18-9-4-5-13-20(18)23)26-17-24-28-22-15-7-6-14-21(22)25(29-24)27-19-11-2-1-3-12-19/h1-16,26H,17H2,(H,27,28,29). The first-order valence-corrected chi connectivity index (χ1v) is 11.6. The van der Waals surface area contributed by atoms with Gasteiger partial charge in [0.05, 0.1) is 17.0 Å². The monoisotopic (exact) mass is 440 g/mol. The van der Waals surface area contributed by atoms with Gasteiger partial charge in [-0.1, -0.05) is 66.7 Å². The number of nitrogens with one attached hydrogen (secondary N) is 2. The van der Waals surface area contributed by atoms with Gasteiger partial charge in [-0.05, 0) is 35.7 Å².